The van der Waals surface area contributed by atoms with Gasteiger partial charge < -0.3 is 4.65 Å². The molecule has 0 aliphatic carbocycles. The van der Waals surface area contributed by atoms with Crippen LogP contribution in [-0.4, -0.2) is 42.3 Å². The Morgan fingerprint density at radius 2 is 0.612 bits per heavy atom. The minimum atomic E-state index is -1.11. The van der Waals surface area contributed by atoms with Gasteiger partial charge in [0.25, 0.3) is 0 Å². The summed E-state index contributed by atoms with van der Waals surface area (Å²) in [4.78, 5) is 0. The molecule has 0 aliphatic heterocycles. The molecule has 0 atom stereocenters. The fourth-order valence-corrected chi connectivity index (χ4v) is 19.8. The van der Waals surface area contributed by atoms with E-state index in [1.165, 1.54) is 41.6 Å². The van der Waals surface area contributed by atoms with Gasteiger partial charge in [-0.05, 0) is 10.1 Å². The van der Waals surface area contributed by atoms with Gasteiger partial charge in [0.1, 0.15) is 17.6 Å². The van der Waals surface area contributed by atoms with Gasteiger partial charge in [-0.2, -0.15) is 0 Å². The fourth-order valence-electron chi connectivity index (χ4n) is 5.49. The molecule has 4 aromatic carbocycles. The minimum absolute atomic E-state index is 0.327. The Kier molecular flexibility index (Phi) is 19.0. The van der Waals surface area contributed by atoms with Crippen molar-refractivity contribution in [3.8, 4) is 0 Å². The van der Waals surface area contributed by atoms with Crippen LogP contribution in [0, 0.1) is 0 Å². The van der Waals surface area contributed by atoms with Crippen LogP contribution in [-0.2, 0) is 20.9 Å². The van der Waals surface area contributed by atoms with Crippen LogP contribution in [0.4, 0.5) is 0 Å². The van der Waals surface area contributed by atoms with Gasteiger partial charge in [0, 0.05) is 0 Å². The van der Waals surface area contributed by atoms with Crippen molar-refractivity contribution in [2.75, 3.05) is 0 Å². The third kappa shape index (κ3) is 20.2. The zero-order chi connectivity index (χ0) is 37.5. The first kappa shape index (κ1) is 45.5. The van der Waals surface area contributed by atoms with Gasteiger partial charge in [-0.3, -0.25) is 0 Å². The average molecular weight is 907 g/mol. The van der Waals surface area contributed by atoms with Crippen LogP contribution in [0.15, 0.2) is 124 Å². The molecule has 4 rings (SSSR count). The van der Waals surface area contributed by atoms with Crippen molar-refractivity contribution in [3.05, 3.63) is 126 Å². The van der Waals surface area contributed by atoms with E-state index in [-0.39, 0.29) is 0 Å². The zero-order valence-electron chi connectivity index (χ0n) is 33.4. The van der Waals surface area contributed by atoms with Crippen molar-refractivity contribution in [3.63, 3.8) is 0 Å². The standard InChI is InChI=1S/2C16H19Si.C6H18NSi2.C3H9NSi.Ta/c2*1-16(2,3)17(14-10-6-4-7-11-14)15-12-8-5-9-13-15;1-8(2,3)7-9(4,5)6;1-5(2,3)4;/h2*4-13H,1-3H3;1-6H3;1-3H3;/q;;-1;;. The van der Waals surface area contributed by atoms with Crippen LogP contribution in [0.1, 0.15) is 41.5 Å². The van der Waals surface area contributed by atoms with E-state index < -0.39 is 42.3 Å². The molecule has 0 amide bonds. The van der Waals surface area contributed by atoms with Gasteiger partial charge in [-0.25, -0.2) is 0 Å². The monoisotopic (exact) mass is 906 g/mol. The molecule has 0 aliphatic rings. The second-order valence-corrected chi connectivity index (χ2v) is 40.5. The number of rotatable bonds is 7. The molecule has 0 bridgehead atoms. The topological polar surface area (TPSA) is 26.5 Å². The maximum atomic E-state index is 4.82. The Morgan fingerprint density at radius 1 is 0.429 bits per heavy atom. The molecule has 4 aromatic rings. The molecular weight excluding hydrogens is 842 g/mol. The second-order valence-electron chi connectivity index (χ2n) is 17.4. The van der Waals surface area contributed by atoms with Gasteiger partial charge in [0.15, 0.2) is 0 Å². The zero-order valence-corrected chi connectivity index (χ0v) is 41.6. The third-order valence-electron chi connectivity index (χ3n) is 6.72. The molecular formula is C41H65N2Si5Ta-. The van der Waals surface area contributed by atoms with Gasteiger partial charge in [-0.15, -0.1) is 0 Å². The van der Waals surface area contributed by atoms with Crippen LogP contribution < -0.4 is 20.7 Å². The van der Waals surface area contributed by atoms with Crippen molar-refractivity contribution in [1.82, 2.24) is 0 Å². The van der Waals surface area contributed by atoms with E-state index in [0.29, 0.717) is 10.1 Å². The Balaban J connectivity index is 0.000000353. The number of benzene rings is 4. The van der Waals surface area contributed by atoms with Crippen LogP contribution >= 0.6 is 0 Å². The quantitative estimate of drug-likeness (QED) is 0.165. The summed E-state index contributed by atoms with van der Waals surface area (Å²) >= 11 is 1.21. The van der Waals surface area contributed by atoms with Crippen LogP contribution in [0.2, 0.25) is 69.0 Å². The van der Waals surface area contributed by atoms with Crippen LogP contribution in [0.5, 0.6) is 0 Å². The van der Waals surface area contributed by atoms with Gasteiger partial charge >= 0.3 is 51.8 Å². The normalized spacial score (nSPS) is 12.1. The summed E-state index contributed by atoms with van der Waals surface area (Å²) < 4.78 is 9.09. The van der Waals surface area contributed by atoms with Crippen molar-refractivity contribution in [2.45, 2.75) is 111 Å². The van der Waals surface area contributed by atoms with Crippen LogP contribution in [0.3, 0.4) is 0 Å². The summed E-state index contributed by atoms with van der Waals surface area (Å²) in [6.07, 6.45) is 0. The van der Waals surface area contributed by atoms with E-state index >= 15 is 0 Å². The molecule has 0 saturated heterocycles. The molecule has 265 valence electrons. The number of hydrogen-bond acceptors (Lipinski definition) is 1. The van der Waals surface area contributed by atoms with Crippen molar-refractivity contribution in [1.29, 1.82) is 0 Å². The van der Waals surface area contributed by atoms with E-state index in [2.05, 4.69) is 225 Å². The number of hydrogen-bond donors (Lipinski definition) is 0. The Morgan fingerprint density at radius 3 is 0.714 bits per heavy atom. The molecule has 0 fully saturated rings. The average Bonchev–Trinajstić information content (AvgIpc) is 2.97. The molecule has 0 saturated carbocycles. The van der Waals surface area contributed by atoms with Gasteiger partial charge in [-0.1, -0.05) is 239 Å². The molecule has 49 heavy (non-hydrogen) atoms. The van der Waals surface area contributed by atoms with E-state index in [9.17, 15) is 0 Å². The maximum absolute atomic E-state index is 4.82. The first-order chi connectivity index (χ1) is 22.4. The molecule has 8 heteroatoms. The SMILES string of the molecule is CC(C)(C)[Si](c1ccccc1)c1ccccc1.CC(C)(C)[Si](c1ccccc1)c1ccccc1.C[Si](C)(C)[N-][Si](C)(C)C.C[Si](C)(C)[N]=[Ta]. The molecule has 0 aromatic heterocycles. The summed E-state index contributed by atoms with van der Waals surface area (Å²) in [5.41, 5.74) is 0. The molecule has 0 unspecified atom stereocenters. The van der Waals surface area contributed by atoms with Crippen molar-refractivity contribution in [2.24, 2.45) is 3.00 Å². The van der Waals surface area contributed by atoms with Crippen molar-refractivity contribution >= 4 is 63.0 Å². The summed E-state index contributed by atoms with van der Waals surface area (Å²) in [6, 6.07) is 43.7. The predicted molar refractivity (Wildman–Crippen MR) is 231 cm³/mol. The first-order valence-corrected chi connectivity index (χ1v) is 32.3. The predicted octanol–water partition coefficient (Wildman–Crippen LogP) is 10.8. The van der Waals surface area contributed by atoms with Crippen molar-refractivity contribution < 1.29 is 20.9 Å². The second kappa shape index (κ2) is 20.5. The first-order valence-electron chi connectivity index (χ1n) is 17.5. The Hall–Kier alpha value is -1.54. The molecule has 0 spiro atoms. The van der Waals surface area contributed by atoms with E-state index in [1.807, 2.05) is 0 Å². The summed E-state index contributed by atoms with van der Waals surface area (Å²) in [7, 11) is -4.60. The molecule has 2 nitrogen and oxygen atoms in total. The van der Waals surface area contributed by atoms with Gasteiger partial charge in [0.2, 0.25) is 0 Å². The third-order valence-corrected chi connectivity index (χ3v) is 25.8. The summed E-state index contributed by atoms with van der Waals surface area (Å²) in [5, 5.41) is 6.64. The molecule has 0 N–H and O–H groups in total. The van der Waals surface area contributed by atoms with E-state index in [4.69, 9.17) is 4.65 Å². The number of nitrogens with zero attached hydrogens (tertiary/aromatic N) is 2. The van der Waals surface area contributed by atoms with Gasteiger partial charge in [0.05, 0.1) is 0 Å². The molecule has 0 heterocycles. The van der Waals surface area contributed by atoms with Crippen LogP contribution in [0.25, 0.3) is 4.65 Å². The summed E-state index contributed by atoms with van der Waals surface area (Å²) in [6.45, 7) is 34.6. The van der Waals surface area contributed by atoms with E-state index in [1.54, 1.807) is 0 Å². The Bertz CT molecular complexity index is 1270. The summed E-state index contributed by atoms with van der Waals surface area (Å²) in [5.74, 6) is 0. The van der Waals surface area contributed by atoms with E-state index in [0.717, 1.165) is 0 Å². The Labute approximate surface area is 321 Å². The fraction of sp³-hybridized carbons (Fsp3) is 0.415. The molecule has 2 radical (unpaired) electrons.